The van der Waals surface area contributed by atoms with Gasteiger partial charge in [0.2, 0.25) is 5.91 Å². The van der Waals surface area contributed by atoms with Crippen LogP contribution in [0.5, 0.6) is 5.75 Å². The van der Waals surface area contributed by atoms with Gasteiger partial charge in [0.15, 0.2) is 0 Å². The summed E-state index contributed by atoms with van der Waals surface area (Å²) in [6, 6.07) is 5.92. The number of ether oxygens (including phenoxy) is 1. The van der Waals surface area contributed by atoms with Crippen LogP contribution < -0.4 is 10.1 Å². The van der Waals surface area contributed by atoms with E-state index >= 15 is 0 Å². The van der Waals surface area contributed by atoms with Crippen molar-refractivity contribution in [3.05, 3.63) is 29.3 Å². The Hall–Kier alpha value is -1.51. The van der Waals surface area contributed by atoms with E-state index < -0.39 is 0 Å². The largest absolute Gasteiger partial charge is 0.496 e. The van der Waals surface area contributed by atoms with Gasteiger partial charge in [0, 0.05) is 6.54 Å². The summed E-state index contributed by atoms with van der Waals surface area (Å²) in [6.07, 6.45) is 0.402. The van der Waals surface area contributed by atoms with E-state index in [1.165, 1.54) is 0 Å². The smallest absolute Gasteiger partial charge is 0.224 e. The van der Waals surface area contributed by atoms with Crippen LogP contribution >= 0.6 is 0 Å². The fourth-order valence-electron chi connectivity index (χ4n) is 2.70. The third-order valence-corrected chi connectivity index (χ3v) is 4.08. The topological polar surface area (TPSA) is 38.3 Å². The minimum atomic E-state index is 0.0761. The Bertz CT molecular complexity index is 458. The van der Waals surface area contributed by atoms with Crippen LogP contribution in [0.1, 0.15) is 38.8 Å². The van der Waals surface area contributed by atoms with Gasteiger partial charge in [0.05, 0.1) is 13.5 Å². The Balaban J connectivity index is 2.58. The number of rotatable bonds is 7. The van der Waals surface area contributed by atoms with E-state index in [2.05, 4.69) is 33.0 Å². The number of aryl methyl sites for hydroxylation is 1. The maximum atomic E-state index is 12.1. The fourth-order valence-corrected chi connectivity index (χ4v) is 2.70. The monoisotopic (exact) mass is 291 g/mol. The molecule has 1 N–H and O–H groups in total. The fraction of sp³-hybridized carbons (Fsp3) is 0.611. The molecule has 0 saturated heterocycles. The van der Waals surface area contributed by atoms with Crippen molar-refractivity contribution in [3.8, 4) is 5.75 Å². The van der Waals surface area contributed by atoms with Crippen LogP contribution in [0.25, 0.3) is 0 Å². The van der Waals surface area contributed by atoms with Crippen molar-refractivity contribution in [3.63, 3.8) is 0 Å². The molecule has 0 aliphatic carbocycles. The normalized spacial score (nSPS) is 11.3. The molecule has 118 valence electrons. The van der Waals surface area contributed by atoms with Crippen LogP contribution in [0.4, 0.5) is 0 Å². The number of carbonyl (C=O) groups is 1. The average Bonchev–Trinajstić information content (AvgIpc) is 2.40. The highest BCUT2D eigenvalue weighted by Crippen LogP contribution is 2.20. The minimum absolute atomic E-state index is 0.0761. The van der Waals surface area contributed by atoms with E-state index in [0.717, 1.165) is 23.4 Å². The first-order valence-corrected chi connectivity index (χ1v) is 7.75. The van der Waals surface area contributed by atoms with Crippen LogP contribution in [-0.4, -0.2) is 19.6 Å². The molecule has 0 unspecified atom stereocenters. The number of nitrogens with one attached hydrogen (secondary N) is 1. The lowest BCUT2D eigenvalue weighted by Crippen LogP contribution is -2.34. The molecule has 0 radical (unpaired) electrons. The van der Waals surface area contributed by atoms with Crippen LogP contribution in [0.2, 0.25) is 0 Å². The molecule has 0 atom stereocenters. The molecule has 1 amide bonds. The highest BCUT2D eigenvalue weighted by atomic mass is 16.5. The maximum absolute atomic E-state index is 12.1. The lowest BCUT2D eigenvalue weighted by Gasteiger charge is -2.25. The third kappa shape index (κ3) is 5.41. The summed E-state index contributed by atoms with van der Waals surface area (Å²) >= 11 is 0. The standard InChI is InChI=1S/C18H29NO2/c1-12(2)16(13(3)4)11-19-18(20)10-15-8-7-14(5)17(9-15)21-6/h7-9,12-13,16H,10-11H2,1-6H3,(H,19,20). The quantitative estimate of drug-likeness (QED) is 0.833. The second-order valence-electron chi connectivity index (χ2n) is 6.44. The number of carbonyl (C=O) groups excluding carboxylic acids is 1. The number of hydrogen-bond acceptors (Lipinski definition) is 2. The Morgan fingerprint density at radius 1 is 1.19 bits per heavy atom. The summed E-state index contributed by atoms with van der Waals surface area (Å²) < 4.78 is 5.30. The summed E-state index contributed by atoms with van der Waals surface area (Å²) in [6.45, 7) is 11.6. The molecule has 0 aliphatic rings. The molecule has 0 fully saturated rings. The number of benzene rings is 1. The van der Waals surface area contributed by atoms with Gasteiger partial charge in [-0.05, 0) is 41.9 Å². The molecule has 0 aromatic heterocycles. The van der Waals surface area contributed by atoms with Crippen molar-refractivity contribution >= 4 is 5.91 Å². The molecule has 0 heterocycles. The zero-order valence-electron chi connectivity index (χ0n) is 14.2. The first-order chi connectivity index (χ1) is 9.85. The zero-order chi connectivity index (χ0) is 16.0. The summed E-state index contributed by atoms with van der Waals surface area (Å²) in [5.74, 6) is 2.57. The van der Waals surface area contributed by atoms with Gasteiger partial charge >= 0.3 is 0 Å². The van der Waals surface area contributed by atoms with E-state index in [0.29, 0.717) is 24.2 Å². The second-order valence-corrected chi connectivity index (χ2v) is 6.44. The summed E-state index contributed by atoms with van der Waals surface area (Å²) in [5.41, 5.74) is 2.07. The van der Waals surface area contributed by atoms with Gasteiger partial charge in [-0.2, -0.15) is 0 Å². The Morgan fingerprint density at radius 3 is 2.33 bits per heavy atom. The van der Waals surface area contributed by atoms with Crippen molar-refractivity contribution in [2.24, 2.45) is 17.8 Å². The summed E-state index contributed by atoms with van der Waals surface area (Å²) in [5, 5.41) is 3.07. The van der Waals surface area contributed by atoms with Gasteiger partial charge in [-0.1, -0.05) is 39.8 Å². The molecular weight excluding hydrogens is 262 g/mol. The highest BCUT2D eigenvalue weighted by molar-refractivity contribution is 5.78. The molecular formula is C18H29NO2. The molecule has 0 bridgehead atoms. The van der Waals surface area contributed by atoms with Gasteiger partial charge in [-0.15, -0.1) is 0 Å². The van der Waals surface area contributed by atoms with Gasteiger partial charge in [-0.3, -0.25) is 4.79 Å². The van der Waals surface area contributed by atoms with Gasteiger partial charge in [-0.25, -0.2) is 0 Å². The van der Waals surface area contributed by atoms with E-state index in [9.17, 15) is 4.79 Å². The SMILES string of the molecule is COc1cc(CC(=O)NCC(C(C)C)C(C)C)ccc1C. The highest BCUT2D eigenvalue weighted by Gasteiger charge is 2.18. The molecule has 3 heteroatoms. The Kier molecular flexibility index (Phi) is 6.73. The van der Waals surface area contributed by atoms with Crippen LogP contribution in [0.3, 0.4) is 0 Å². The number of hydrogen-bond donors (Lipinski definition) is 1. The molecule has 0 spiro atoms. The van der Waals surface area contributed by atoms with Crippen molar-refractivity contribution < 1.29 is 9.53 Å². The lowest BCUT2D eigenvalue weighted by molar-refractivity contribution is -0.120. The number of amides is 1. The predicted octanol–water partition coefficient (Wildman–Crippen LogP) is 3.59. The number of methoxy groups -OCH3 is 1. The molecule has 1 aromatic rings. The van der Waals surface area contributed by atoms with Crippen LogP contribution in [-0.2, 0) is 11.2 Å². The van der Waals surface area contributed by atoms with E-state index in [-0.39, 0.29) is 5.91 Å². The Morgan fingerprint density at radius 2 is 1.81 bits per heavy atom. The molecule has 0 aliphatic heterocycles. The molecule has 21 heavy (non-hydrogen) atoms. The maximum Gasteiger partial charge on any atom is 0.224 e. The summed E-state index contributed by atoms with van der Waals surface area (Å²) in [7, 11) is 1.65. The van der Waals surface area contributed by atoms with E-state index in [1.54, 1.807) is 7.11 Å². The predicted molar refractivity (Wildman–Crippen MR) is 87.6 cm³/mol. The molecule has 0 saturated carbocycles. The minimum Gasteiger partial charge on any atom is -0.496 e. The molecule has 3 nitrogen and oxygen atoms in total. The third-order valence-electron chi connectivity index (χ3n) is 4.08. The van der Waals surface area contributed by atoms with E-state index in [4.69, 9.17) is 4.74 Å². The Labute approximate surface area is 129 Å². The van der Waals surface area contributed by atoms with Crippen LogP contribution in [0.15, 0.2) is 18.2 Å². The van der Waals surface area contributed by atoms with Crippen molar-refractivity contribution in [1.82, 2.24) is 5.32 Å². The van der Waals surface area contributed by atoms with Crippen molar-refractivity contribution in [2.75, 3.05) is 13.7 Å². The molecule has 1 rings (SSSR count). The molecule has 1 aromatic carbocycles. The average molecular weight is 291 g/mol. The first kappa shape index (κ1) is 17.5. The van der Waals surface area contributed by atoms with Crippen molar-refractivity contribution in [1.29, 1.82) is 0 Å². The summed E-state index contributed by atoms with van der Waals surface area (Å²) in [4.78, 5) is 12.1. The van der Waals surface area contributed by atoms with E-state index in [1.807, 2.05) is 25.1 Å². The van der Waals surface area contributed by atoms with Crippen molar-refractivity contribution in [2.45, 2.75) is 41.0 Å². The second kappa shape index (κ2) is 8.06. The first-order valence-electron chi connectivity index (χ1n) is 7.75. The lowest BCUT2D eigenvalue weighted by atomic mass is 9.85. The van der Waals surface area contributed by atoms with Gasteiger partial charge in [0.1, 0.15) is 5.75 Å². The van der Waals surface area contributed by atoms with Gasteiger partial charge < -0.3 is 10.1 Å². The van der Waals surface area contributed by atoms with Crippen LogP contribution in [0, 0.1) is 24.7 Å². The zero-order valence-corrected chi connectivity index (χ0v) is 14.2. The van der Waals surface area contributed by atoms with Gasteiger partial charge in [0.25, 0.3) is 0 Å².